The minimum absolute atomic E-state index is 0.0301. The largest absolute Gasteiger partial charge is 0.352 e. The minimum Gasteiger partial charge on any atom is -0.352 e. The smallest absolute Gasteiger partial charge is 0.291 e. The van der Waals surface area contributed by atoms with Crippen LogP contribution in [0.2, 0.25) is 0 Å². The van der Waals surface area contributed by atoms with E-state index in [1.165, 1.54) is 28.2 Å². The van der Waals surface area contributed by atoms with Gasteiger partial charge >= 0.3 is 0 Å². The van der Waals surface area contributed by atoms with E-state index < -0.39 is 11.7 Å². The number of hydrogen-bond acceptors (Lipinski definition) is 5. The molecule has 0 aliphatic rings. The summed E-state index contributed by atoms with van der Waals surface area (Å²) in [6.07, 6.45) is 0. The quantitative estimate of drug-likeness (QED) is 0.449. The third-order valence-electron chi connectivity index (χ3n) is 4.58. The van der Waals surface area contributed by atoms with Gasteiger partial charge in [-0.3, -0.25) is 9.59 Å². The topological polar surface area (TPSA) is 88.9 Å². The molecule has 4 aromatic rings. The van der Waals surface area contributed by atoms with E-state index in [-0.39, 0.29) is 18.3 Å². The van der Waals surface area contributed by atoms with E-state index in [4.69, 9.17) is 0 Å². The van der Waals surface area contributed by atoms with Crippen LogP contribution in [-0.2, 0) is 6.54 Å². The maximum absolute atomic E-state index is 13.8. The molecule has 9 heteroatoms. The summed E-state index contributed by atoms with van der Waals surface area (Å²) in [5.41, 5.74) is 1.76. The summed E-state index contributed by atoms with van der Waals surface area (Å²) in [6, 6.07) is 16.7. The van der Waals surface area contributed by atoms with E-state index in [2.05, 4.69) is 20.7 Å². The summed E-state index contributed by atoms with van der Waals surface area (Å²) in [5.74, 6) is -0.627. The zero-order valence-corrected chi connectivity index (χ0v) is 18.0. The molecule has 0 radical (unpaired) electrons. The van der Waals surface area contributed by atoms with Crippen LogP contribution in [0, 0.1) is 5.82 Å². The Morgan fingerprint density at radius 1 is 1.03 bits per heavy atom. The zero-order valence-electron chi connectivity index (χ0n) is 17.2. The molecule has 0 aliphatic heterocycles. The highest BCUT2D eigenvalue weighted by Crippen LogP contribution is 2.25. The first-order chi connectivity index (χ1) is 15.5. The molecule has 2 heterocycles. The monoisotopic (exact) mass is 449 g/mol. The number of thiophene rings is 1. The van der Waals surface area contributed by atoms with Gasteiger partial charge in [-0.2, -0.15) is 0 Å². The lowest BCUT2D eigenvalue weighted by molar-refractivity contribution is 0.0938. The lowest BCUT2D eigenvalue weighted by Gasteiger charge is -2.06. The van der Waals surface area contributed by atoms with Gasteiger partial charge in [0.15, 0.2) is 5.82 Å². The van der Waals surface area contributed by atoms with Crippen LogP contribution in [0.15, 0.2) is 66.0 Å². The van der Waals surface area contributed by atoms with Gasteiger partial charge in [-0.25, -0.2) is 14.1 Å². The summed E-state index contributed by atoms with van der Waals surface area (Å²) in [4.78, 5) is 30.0. The summed E-state index contributed by atoms with van der Waals surface area (Å²) in [7, 11) is 0. The molecular weight excluding hydrogens is 429 g/mol. The fourth-order valence-corrected chi connectivity index (χ4v) is 3.81. The number of rotatable bonds is 7. The summed E-state index contributed by atoms with van der Waals surface area (Å²) in [6.45, 7) is 2.59. The van der Waals surface area contributed by atoms with Crippen LogP contribution in [0.25, 0.3) is 16.4 Å². The van der Waals surface area contributed by atoms with Gasteiger partial charge in [-0.15, -0.1) is 16.4 Å². The van der Waals surface area contributed by atoms with E-state index in [0.717, 1.165) is 10.4 Å². The molecule has 0 saturated carbocycles. The molecule has 4 rings (SSSR count). The molecule has 32 heavy (non-hydrogen) atoms. The average Bonchev–Trinajstić information content (AvgIpc) is 3.48. The minimum atomic E-state index is -0.471. The van der Waals surface area contributed by atoms with Crippen LogP contribution in [-0.4, -0.2) is 33.1 Å². The first kappa shape index (κ1) is 21.4. The summed E-state index contributed by atoms with van der Waals surface area (Å²) >= 11 is 1.45. The molecule has 0 atom stereocenters. The number of hydrogen-bond donors (Lipinski definition) is 2. The van der Waals surface area contributed by atoms with E-state index in [1.807, 2.05) is 30.5 Å². The predicted molar refractivity (Wildman–Crippen MR) is 120 cm³/mol. The number of aromatic nitrogens is 3. The van der Waals surface area contributed by atoms with Crippen LogP contribution in [0.5, 0.6) is 0 Å². The first-order valence-electron chi connectivity index (χ1n) is 9.97. The van der Waals surface area contributed by atoms with Crippen molar-refractivity contribution in [3.8, 4) is 16.4 Å². The number of benzene rings is 2. The number of carbonyl (C=O) groups is 2. The van der Waals surface area contributed by atoms with Crippen LogP contribution in [0.4, 0.5) is 4.39 Å². The van der Waals surface area contributed by atoms with Crippen molar-refractivity contribution in [1.29, 1.82) is 0 Å². The number of halogens is 1. The van der Waals surface area contributed by atoms with Crippen LogP contribution < -0.4 is 10.6 Å². The Balaban J connectivity index is 1.56. The Morgan fingerprint density at radius 3 is 2.62 bits per heavy atom. The Morgan fingerprint density at radius 2 is 1.88 bits per heavy atom. The molecule has 0 spiro atoms. The third-order valence-corrected chi connectivity index (χ3v) is 5.45. The molecule has 0 unspecified atom stereocenters. The fourth-order valence-electron chi connectivity index (χ4n) is 3.11. The van der Waals surface area contributed by atoms with Gasteiger partial charge in [0.2, 0.25) is 5.82 Å². The fraction of sp³-hybridized carbons (Fsp3) is 0.130. The molecular formula is C23H20FN5O2S. The van der Waals surface area contributed by atoms with E-state index >= 15 is 0 Å². The lowest BCUT2D eigenvalue weighted by Crippen LogP contribution is -2.25. The highest BCUT2D eigenvalue weighted by molar-refractivity contribution is 7.13. The Hall–Kier alpha value is -3.85. The van der Waals surface area contributed by atoms with Crippen molar-refractivity contribution in [2.75, 3.05) is 6.54 Å². The molecule has 2 amide bonds. The number of nitrogens with one attached hydrogen (secondary N) is 2. The van der Waals surface area contributed by atoms with Gasteiger partial charge in [0.25, 0.3) is 11.8 Å². The zero-order chi connectivity index (χ0) is 22.5. The molecule has 0 saturated heterocycles. The van der Waals surface area contributed by atoms with Crippen molar-refractivity contribution in [3.05, 3.63) is 88.8 Å². The van der Waals surface area contributed by atoms with Gasteiger partial charge in [-0.05, 0) is 54.3 Å². The molecule has 7 nitrogen and oxygen atoms in total. The highest BCUT2D eigenvalue weighted by atomic mass is 32.1. The first-order valence-corrected chi connectivity index (χ1v) is 10.9. The second-order valence-electron chi connectivity index (χ2n) is 6.87. The highest BCUT2D eigenvalue weighted by Gasteiger charge is 2.19. The lowest BCUT2D eigenvalue weighted by atomic mass is 10.1. The normalized spacial score (nSPS) is 10.7. The molecule has 2 aromatic heterocycles. The van der Waals surface area contributed by atoms with Gasteiger partial charge in [0.05, 0.1) is 10.6 Å². The number of nitrogens with zero attached hydrogens (tertiary/aromatic N) is 3. The van der Waals surface area contributed by atoms with Gasteiger partial charge in [0, 0.05) is 18.7 Å². The molecule has 0 aliphatic carbocycles. The van der Waals surface area contributed by atoms with Gasteiger partial charge in [0.1, 0.15) is 5.82 Å². The maximum Gasteiger partial charge on any atom is 0.291 e. The van der Waals surface area contributed by atoms with Crippen molar-refractivity contribution in [2.45, 2.75) is 13.5 Å². The van der Waals surface area contributed by atoms with Crippen molar-refractivity contribution < 1.29 is 14.0 Å². The van der Waals surface area contributed by atoms with E-state index in [0.29, 0.717) is 23.6 Å². The third kappa shape index (κ3) is 4.73. The van der Waals surface area contributed by atoms with Gasteiger partial charge in [-0.1, -0.05) is 24.3 Å². The average molecular weight is 450 g/mol. The van der Waals surface area contributed by atoms with E-state index in [1.54, 1.807) is 30.3 Å². The van der Waals surface area contributed by atoms with Crippen LogP contribution >= 0.6 is 11.3 Å². The Kier molecular flexibility index (Phi) is 6.37. The Labute approximate surface area is 187 Å². The SMILES string of the molecule is CCNC(=O)c1cccc(CNC(=O)c2nc(-c3cccs3)n(-c3cccc(F)c3)n2)c1. The molecule has 0 fully saturated rings. The molecule has 2 aromatic carbocycles. The van der Waals surface area contributed by atoms with Crippen molar-refractivity contribution in [3.63, 3.8) is 0 Å². The van der Waals surface area contributed by atoms with Crippen molar-refractivity contribution in [2.24, 2.45) is 0 Å². The second kappa shape index (κ2) is 9.52. The van der Waals surface area contributed by atoms with E-state index in [9.17, 15) is 14.0 Å². The molecule has 0 bridgehead atoms. The standard InChI is InChI=1S/C23H20FN5O2S/c1-2-25-22(30)16-7-3-6-15(12-16)14-26-23(31)20-27-21(19-10-5-11-32-19)29(28-20)18-9-4-8-17(24)13-18/h3-13H,2,14H2,1H3,(H,25,30)(H,26,31). The van der Waals surface area contributed by atoms with Crippen molar-refractivity contribution >= 4 is 23.2 Å². The van der Waals surface area contributed by atoms with Crippen LogP contribution in [0.3, 0.4) is 0 Å². The van der Waals surface area contributed by atoms with Crippen LogP contribution in [0.1, 0.15) is 33.5 Å². The number of amides is 2. The van der Waals surface area contributed by atoms with Crippen molar-refractivity contribution in [1.82, 2.24) is 25.4 Å². The summed E-state index contributed by atoms with van der Waals surface area (Å²) in [5, 5.41) is 11.7. The molecule has 162 valence electrons. The molecule has 2 N–H and O–H groups in total. The predicted octanol–water partition coefficient (Wildman–Crippen LogP) is 3.81. The second-order valence-corrected chi connectivity index (χ2v) is 7.82. The Bertz CT molecular complexity index is 1250. The number of carbonyl (C=O) groups excluding carboxylic acids is 2. The van der Waals surface area contributed by atoms with Gasteiger partial charge < -0.3 is 10.6 Å². The summed E-state index contributed by atoms with van der Waals surface area (Å²) < 4.78 is 15.2. The maximum atomic E-state index is 13.8.